The van der Waals surface area contributed by atoms with Crippen LogP contribution < -0.4 is 10.5 Å². The van der Waals surface area contributed by atoms with Gasteiger partial charge in [0.05, 0.1) is 13.2 Å². The normalized spacial score (nSPS) is 12.3. The molecule has 0 spiro atoms. The summed E-state index contributed by atoms with van der Waals surface area (Å²) in [5.41, 5.74) is 8.71. The molecule has 2 aromatic rings. The Bertz CT molecular complexity index is 580. The average molecular weight is 324 g/mol. The van der Waals surface area contributed by atoms with Gasteiger partial charge in [-0.15, -0.1) is 0 Å². The molecule has 1 atom stereocenters. The maximum atomic E-state index is 13.4. The number of benzene rings is 2. The smallest absolute Gasteiger partial charge is 0.123 e. The van der Waals surface area contributed by atoms with E-state index in [4.69, 9.17) is 10.5 Å². The summed E-state index contributed by atoms with van der Waals surface area (Å²) in [7, 11) is 1.61. The number of hydrogen-bond donors (Lipinski definition) is 1. The minimum absolute atomic E-state index is 0.268. The van der Waals surface area contributed by atoms with Gasteiger partial charge in [0.15, 0.2) is 0 Å². The topological polar surface area (TPSA) is 35.2 Å². The number of aryl methyl sites for hydroxylation is 1. The molecule has 0 amide bonds. The van der Waals surface area contributed by atoms with Crippen molar-refractivity contribution in [1.82, 2.24) is 0 Å². The van der Waals surface area contributed by atoms with Crippen LogP contribution in [0.3, 0.4) is 0 Å². The number of methoxy groups -OCH3 is 1. The molecular formula is C15H15BrFNO. The lowest BCUT2D eigenvalue weighted by Crippen LogP contribution is -2.13. The fourth-order valence-corrected chi connectivity index (χ4v) is 2.62. The van der Waals surface area contributed by atoms with Gasteiger partial charge >= 0.3 is 0 Å². The highest BCUT2D eigenvalue weighted by molar-refractivity contribution is 9.10. The van der Waals surface area contributed by atoms with Crippen molar-refractivity contribution in [2.24, 2.45) is 5.73 Å². The zero-order valence-electron chi connectivity index (χ0n) is 10.8. The van der Waals surface area contributed by atoms with Gasteiger partial charge < -0.3 is 10.5 Å². The molecule has 2 nitrogen and oxygen atoms in total. The van der Waals surface area contributed by atoms with Gasteiger partial charge in [0.1, 0.15) is 11.6 Å². The summed E-state index contributed by atoms with van der Waals surface area (Å²) in [5, 5.41) is 0. The molecule has 2 aromatic carbocycles. The first kappa shape index (κ1) is 14.0. The quantitative estimate of drug-likeness (QED) is 0.928. The number of hydrogen-bond acceptors (Lipinski definition) is 2. The van der Waals surface area contributed by atoms with Gasteiger partial charge in [0.2, 0.25) is 0 Å². The Kier molecular flexibility index (Phi) is 4.22. The van der Waals surface area contributed by atoms with Crippen molar-refractivity contribution in [3.63, 3.8) is 0 Å². The van der Waals surface area contributed by atoms with Crippen LogP contribution in [-0.4, -0.2) is 7.11 Å². The Balaban J connectivity index is 2.40. The summed E-state index contributed by atoms with van der Waals surface area (Å²) in [5.74, 6) is 0.480. The van der Waals surface area contributed by atoms with E-state index in [-0.39, 0.29) is 11.9 Å². The SMILES string of the molecule is COc1ccc(C(N)c2cc(C)cc(F)c2)c(Br)c1. The summed E-state index contributed by atoms with van der Waals surface area (Å²) < 4.78 is 19.4. The monoisotopic (exact) mass is 323 g/mol. The zero-order chi connectivity index (χ0) is 14.0. The van der Waals surface area contributed by atoms with Gasteiger partial charge in [-0.05, 0) is 47.9 Å². The molecule has 0 saturated heterocycles. The molecule has 0 saturated carbocycles. The first-order valence-corrected chi connectivity index (χ1v) is 6.66. The summed E-state index contributed by atoms with van der Waals surface area (Å²) in [6.07, 6.45) is 0. The molecule has 0 aliphatic heterocycles. The van der Waals surface area contributed by atoms with E-state index in [1.807, 2.05) is 31.2 Å². The molecule has 1 unspecified atom stereocenters. The van der Waals surface area contributed by atoms with Crippen molar-refractivity contribution >= 4 is 15.9 Å². The highest BCUT2D eigenvalue weighted by atomic mass is 79.9. The Morgan fingerprint density at radius 3 is 2.53 bits per heavy atom. The molecule has 0 aromatic heterocycles. The molecule has 0 heterocycles. The van der Waals surface area contributed by atoms with Crippen molar-refractivity contribution in [3.8, 4) is 5.75 Å². The van der Waals surface area contributed by atoms with E-state index in [0.717, 1.165) is 26.9 Å². The Morgan fingerprint density at radius 2 is 1.95 bits per heavy atom. The van der Waals surface area contributed by atoms with Gasteiger partial charge in [-0.25, -0.2) is 4.39 Å². The lowest BCUT2D eigenvalue weighted by Gasteiger charge is -2.16. The van der Waals surface area contributed by atoms with Crippen molar-refractivity contribution in [1.29, 1.82) is 0 Å². The van der Waals surface area contributed by atoms with Gasteiger partial charge in [0.25, 0.3) is 0 Å². The van der Waals surface area contributed by atoms with Crippen LogP contribution in [0.25, 0.3) is 0 Å². The van der Waals surface area contributed by atoms with Crippen LogP contribution in [0.1, 0.15) is 22.7 Å². The predicted octanol–water partition coefficient (Wildman–Crippen LogP) is 3.95. The number of halogens is 2. The summed E-state index contributed by atoms with van der Waals surface area (Å²) in [6, 6.07) is 10.0. The molecular weight excluding hydrogens is 309 g/mol. The molecule has 4 heteroatoms. The molecule has 19 heavy (non-hydrogen) atoms. The van der Waals surface area contributed by atoms with E-state index in [1.165, 1.54) is 12.1 Å². The second-order valence-corrected chi connectivity index (χ2v) is 5.28. The summed E-state index contributed by atoms with van der Waals surface area (Å²) in [4.78, 5) is 0. The third kappa shape index (κ3) is 3.14. The molecule has 0 bridgehead atoms. The van der Waals surface area contributed by atoms with Crippen molar-refractivity contribution < 1.29 is 9.13 Å². The average Bonchev–Trinajstić information content (AvgIpc) is 2.36. The second kappa shape index (κ2) is 5.72. The molecule has 100 valence electrons. The minimum atomic E-state index is -0.380. The number of rotatable bonds is 3. The number of nitrogens with two attached hydrogens (primary N) is 1. The lowest BCUT2D eigenvalue weighted by atomic mass is 9.98. The highest BCUT2D eigenvalue weighted by Crippen LogP contribution is 2.30. The molecule has 2 rings (SSSR count). The Hall–Kier alpha value is -1.39. The van der Waals surface area contributed by atoms with Crippen molar-refractivity contribution in [2.75, 3.05) is 7.11 Å². The summed E-state index contributed by atoms with van der Waals surface area (Å²) >= 11 is 3.47. The third-order valence-corrected chi connectivity index (χ3v) is 3.65. The van der Waals surface area contributed by atoms with Crippen LogP contribution in [-0.2, 0) is 0 Å². The van der Waals surface area contributed by atoms with Crippen LogP contribution >= 0.6 is 15.9 Å². The molecule has 2 N–H and O–H groups in total. The Morgan fingerprint density at radius 1 is 1.21 bits per heavy atom. The fraction of sp³-hybridized carbons (Fsp3) is 0.200. The van der Waals surface area contributed by atoms with Crippen LogP contribution in [0.2, 0.25) is 0 Å². The van der Waals surface area contributed by atoms with Crippen molar-refractivity contribution in [3.05, 3.63) is 63.4 Å². The van der Waals surface area contributed by atoms with E-state index >= 15 is 0 Å². The first-order valence-electron chi connectivity index (χ1n) is 5.87. The van der Waals surface area contributed by atoms with Gasteiger partial charge in [0, 0.05) is 4.47 Å². The maximum Gasteiger partial charge on any atom is 0.123 e. The maximum absolute atomic E-state index is 13.4. The van der Waals surface area contributed by atoms with E-state index in [0.29, 0.717) is 0 Å². The van der Waals surface area contributed by atoms with Crippen LogP contribution in [0.15, 0.2) is 40.9 Å². The second-order valence-electron chi connectivity index (χ2n) is 4.43. The number of ether oxygens (including phenoxy) is 1. The van der Waals surface area contributed by atoms with E-state index in [9.17, 15) is 4.39 Å². The summed E-state index contributed by atoms with van der Waals surface area (Å²) in [6.45, 7) is 1.85. The van der Waals surface area contributed by atoms with Crippen molar-refractivity contribution in [2.45, 2.75) is 13.0 Å². The third-order valence-electron chi connectivity index (χ3n) is 2.97. The highest BCUT2D eigenvalue weighted by Gasteiger charge is 2.14. The Labute approximate surface area is 120 Å². The predicted molar refractivity (Wildman–Crippen MR) is 77.9 cm³/mol. The molecule has 0 fully saturated rings. The molecule has 0 radical (unpaired) electrons. The van der Waals surface area contributed by atoms with Gasteiger partial charge in [-0.3, -0.25) is 0 Å². The van der Waals surface area contributed by atoms with Crippen LogP contribution in [0, 0.1) is 12.7 Å². The van der Waals surface area contributed by atoms with E-state index in [1.54, 1.807) is 7.11 Å². The minimum Gasteiger partial charge on any atom is -0.497 e. The van der Waals surface area contributed by atoms with E-state index in [2.05, 4.69) is 15.9 Å². The largest absolute Gasteiger partial charge is 0.497 e. The van der Waals surface area contributed by atoms with Gasteiger partial charge in [-0.1, -0.05) is 28.1 Å². The zero-order valence-corrected chi connectivity index (χ0v) is 12.4. The standard InChI is InChI=1S/C15H15BrFNO/c1-9-5-10(7-11(17)6-9)15(18)13-4-3-12(19-2)8-14(13)16/h3-8,15H,18H2,1-2H3. The van der Waals surface area contributed by atoms with Crippen LogP contribution in [0.5, 0.6) is 5.75 Å². The van der Waals surface area contributed by atoms with Crippen LogP contribution in [0.4, 0.5) is 4.39 Å². The van der Waals surface area contributed by atoms with E-state index < -0.39 is 0 Å². The molecule has 0 aliphatic carbocycles. The fourth-order valence-electron chi connectivity index (χ4n) is 2.01. The van der Waals surface area contributed by atoms with Gasteiger partial charge in [-0.2, -0.15) is 0 Å². The molecule has 0 aliphatic rings. The first-order chi connectivity index (χ1) is 9.01. The lowest BCUT2D eigenvalue weighted by molar-refractivity contribution is 0.414.